The van der Waals surface area contributed by atoms with Crippen molar-refractivity contribution in [2.45, 2.75) is 12.8 Å². The summed E-state index contributed by atoms with van der Waals surface area (Å²) in [5, 5.41) is 7.07. The minimum absolute atomic E-state index is 0.121. The van der Waals surface area contributed by atoms with Crippen molar-refractivity contribution >= 4 is 11.8 Å². The van der Waals surface area contributed by atoms with Crippen molar-refractivity contribution in [1.82, 2.24) is 24.6 Å². The normalized spacial score (nSPS) is 18.1. The van der Waals surface area contributed by atoms with Crippen LogP contribution < -0.4 is 5.32 Å². The zero-order chi connectivity index (χ0) is 17.8. The summed E-state index contributed by atoms with van der Waals surface area (Å²) in [6.07, 6.45) is 7.81. The fourth-order valence-corrected chi connectivity index (χ4v) is 3.35. The number of nitrogens with zero attached hydrogens (tertiary/aromatic N) is 5. The molecule has 0 aromatic carbocycles. The lowest BCUT2D eigenvalue weighted by atomic mass is 9.98. The van der Waals surface area contributed by atoms with Gasteiger partial charge in [-0.05, 0) is 50.0 Å². The van der Waals surface area contributed by atoms with Gasteiger partial charge in [-0.2, -0.15) is 5.10 Å². The molecule has 1 fully saturated rings. The van der Waals surface area contributed by atoms with Gasteiger partial charge in [-0.15, -0.1) is 0 Å². The second kappa shape index (κ2) is 7.65. The highest BCUT2D eigenvalue weighted by Crippen LogP contribution is 2.21. The van der Waals surface area contributed by atoms with E-state index < -0.39 is 0 Å². The lowest BCUT2D eigenvalue weighted by molar-refractivity contribution is 0.170. The summed E-state index contributed by atoms with van der Waals surface area (Å²) in [5.74, 6) is 1.09. The Kier molecular flexibility index (Phi) is 5.33. The third-order valence-corrected chi connectivity index (χ3v) is 4.63. The van der Waals surface area contributed by atoms with Crippen LogP contribution in [0.15, 0.2) is 30.7 Å². The van der Waals surface area contributed by atoms with Crippen molar-refractivity contribution in [1.29, 1.82) is 0 Å². The predicted molar refractivity (Wildman–Crippen MR) is 98.3 cm³/mol. The number of hydrogen-bond acceptors (Lipinski definition) is 4. The Labute approximate surface area is 148 Å². The van der Waals surface area contributed by atoms with Crippen LogP contribution >= 0.6 is 0 Å². The number of urea groups is 1. The number of amides is 2. The number of rotatable bonds is 4. The van der Waals surface area contributed by atoms with Crippen LogP contribution in [-0.4, -0.2) is 64.3 Å². The SMILES string of the molecule is CN1CCCC(CN(C)C(=O)Nc2cc(-c3cnn(C)c3)ccn2)C1. The molecule has 3 rings (SSSR count). The second-order valence-electron chi connectivity index (χ2n) is 6.91. The predicted octanol–water partition coefficient (Wildman–Crippen LogP) is 2.29. The number of nitrogens with one attached hydrogen (secondary N) is 1. The Bertz CT molecular complexity index is 728. The Morgan fingerprint density at radius 3 is 2.96 bits per heavy atom. The Hall–Kier alpha value is -2.41. The van der Waals surface area contributed by atoms with E-state index in [0.717, 1.165) is 30.8 Å². The molecule has 0 spiro atoms. The monoisotopic (exact) mass is 342 g/mol. The van der Waals surface area contributed by atoms with Crippen molar-refractivity contribution in [2.75, 3.05) is 39.0 Å². The Morgan fingerprint density at radius 1 is 1.40 bits per heavy atom. The number of aryl methyl sites for hydroxylation is 1. The van der Waals surface area contributed by atoms with E-state index in [2.05, 4.69) is 27.3 Å². The van der Waals surface area contributed by atoms with Crippen LogP contribution in [0.3, 0.4) is 0 Å². The minimum Gasteiger partial charge on any atom is -0.327 e. The minimum atomic E-state index is -0.121. The molecule has 2 aromatic heterocycles. The molecule has 0 aliphatic carbocycles. The van der Waals surface area contributed by atoms with Crippen LogP contribution in [0.25, 0.3) is 11.1 Å². The summed E-state index contributed by atoms with van der Waals surface area (Å²) in [6.45, 7) is 2.96. The highest BCUT2D eigenvalue weighted by molar-refractivity contribution is 5.88. The standard InChI is InChI=1S/C18H26N6O/c1-22-8-4-5-14(11-22)12-23(2)18(25)21-17-9-15(6-7-19-17)16-10-20-24(3)13-16/h6-7,9-10,13-14H,4-5,8,11-12H2,1-3H3,(H,19,21,25). The van der Waals surface area contributed by atoms with E-state index >= 15 is 0 Å². The van der Waals surface area contributed by atoms with E-state index in [1.807, 2.05) is 32.4 Å². The number of aromatic nitrogens is 3. The van der Waals surface area contributed by atoms with Gasteiger partial charge >= 0.3 is 6.03 Å². The molecule has 7 nitrogen and oxygen atoms in total. The molecule has 25 heavy (non-hydrogen) atoms. The summed E-state index contributed by atoms with van der Waals surface area (Å²) in [4.78, 5) is 20.8. The quantitative estimate of drug-likeness (QED) is 0.926. The first kappa shape index (κ1) is 17.4. The van der Waals surface area contributed by atoms with E-state index in [9.17, 15) is 4.79 Å². The maximum Gasteiger partial charge on any atom is 0.322 e. The first-order chi connectivity index (χ1) is 12.0. The lowest BCUT2D eigenvalue weighted by Gasteiger charge is -2.32. The van der Waals surface area contributed by atoms with Crippen molar-refractivity contribution in [3.63, 3.8) is 0 Å². The van der Waals surface area contributed by atoms with Gasteiger partial charge in [-0.25, -0.2) is 9.78 Å². The molecule has 0 bridgehead atoms. The van der Waals surface area contributed by atoms with E-state index in [4.69, 9.17) is 0 Å². The number of piperidine rings is 1. The lowest BCUT2D eigenvalue weighted by Crippen LogP contribution is -2.41. The number of hydrogen-bond donors (Lipinski definition) is 1. The van der Waals surface area contributed by atoms with Gasteiger partial charge in [-0.3, -0.25) is 10.00 Å². The Morgan fingerprint density at radius 2 is 2.24 bits per heavy atom. The zero-order valence-corrected chi connectivity index (χ0v) is 15.1. The van der Waals surface area contributed by atoms with Crippen molar-refractivity contribution < 1.29 is 4.79 Å². The number of pyridine rings is 1. The molecular weight excluding hydrogens is 316 g/mol. The fraction of sp³-hybridized carbons (Fsp3) is 0.500. The maximum absolute atomic E-state index is 12.5. The molecule has 1 unspecified atom stereocenters. The molecule has 1 atom stereocenters. The van der Waals surface area contributed by atoms with Crippen LogP contribution in [0.1, 0.15) is 12.8 Å². The fourth-order valence-electron chi connectivity index (χ4n) is 3.35. The summed E-state index contributed by atoms with van der Waals surface area (Å²) in [6, 6.07) is 3.66. The number of likely N-dealkylation sites (tertiary alicyclic amines) is 1. The van der Waals surface area contributed by atoms with Crippen LogP contribution in [0.5, 0.6) is 0 Å². The van der Waals surface area contributed by atoms with Gasteiger partial charge in [0.2, 0.25) is 0 Å². The molecule has 2 aromatic rings. The van der Waals surface area contributed by atoms with Gasteiger partial charge in [0.05, 0.1) is 6.20 Å². The van der Waals surface area contributed by atoms with E-state index in [1.165, 1.54) is 12.8 Å². The molecule has 7 heteroatoms. The van der Waals surface area contributed by atoms with Crippen LogP contribution in [0.4, 0.5) is 10.6 Å². The summed E-state index contributed by atoms with van der Waals surface area (Å²) in [7, 11) is 5.86. The van der Waals surface area contributed by atoms with Crippen molar-refractivity contribution in [2.24, 2.45) is 13.0 Å². The molecule has 1 aliphatic heterocycles. The summed E-state index contributed by atoms with van der Waals surface area (Å²) < 4.78 is 1.75. The molecule has 1 saturated heterocycles. The maximum atomic E-state index is 12.5. The molecular formula is C18H26N6O. The highest BCUT2D eigenvalue weighted by Gasteiger charge is 2.21. The average molecular weight is 342 g/mol. The molecule has 0 saturated carbocycles. The van der Waals surface area contributed by atoms with Crippen molar-refractivity contribution in [3.05, 3.63) is 30.7 Å². The number of carbonyl (C=O) groups is 1. The second-order valence-corrected chi connectivity index (χ2v) is 6.91. The first-order valence-corrected chi connectivity index (χ1v) is 8.67. The third-order valence-electron chi connectivity index (χ3n) is 4.63. The summed E-state index contributed by atoms with van der Waals surface area (Å²) >= 11 is 0. The molecule has 1 N–H and O–H groups in total. The van der Waals surface area contributed by atoms with Gasteiger partial charge in [-0.1, -0.05) is 0 Å². The highest BCUT2D eigenvalue weighted by atomic mass is 16.2. The van der Waals surface area contributed by atoms with Gasteiger partial charge in [0.15, 0.2) is 0 Å². The van der Waals surface area contributed by atoms with Gasteiger partial charge in [0.1, 0.15) is 5.82 Å². The number of anilines is 1. The molecule has 2 amide bonds. The van der Waals surface area contributed by atoms with Crippen LogP contribution in [0.2, 0.25) is 0 Å². The first-order valence-electron chi connectivity index (χ1n) is 8.67. The molecule has 134 valence electrons. The summed E-state index contributed by atoms with van der Waals surface area (Å²) in [5.41, 5.74) is 1.98. The Balaban J connectivity index is 1.60. The molecule has 3 heterocycles. The smallest absolute Gasteiger partial charge is 0.322 e. The van der Waals surface area contributed by atoms with Crippen LogP contribution in [0, 0.1) is 5.92 Å². The topological polar surface area (TPSA) is 66.3 Å². The zero-order valence-electron chi connectivity index (χ0n) is 15.1. The van der Waals surface area contributed by atoms with E-state index in [-0.39, 0.29) is 6.03 Å². The van der Waals surface area contributed by atoms with E-state index in [0.29, 0.717) is 11.7 Å². The third kappa shape index (κ3) is 4.57. The van der Waals surface area contributed by atoms with Gasteiger partial charge < -0.3 is 9.80 Å². The molecule has 1 aliphatic rings. The van der Waals surface area contributed by atoms with Crippen LogP contribution in [-0.2, 0) is 7.05 Å². The number of carbonyl (C=O) groups excluding carboxylic acids is 1. The molecule has 0 radical (unpaired) electrons. The average Bonchev–Trinajstić information content (AvgIpc) is 3.01. The van der Waals surface area contributed by atoms with Gasteiger partial charge in [0.25, 0.3) is 0 Å². The largest absolute Gasteiger partial charge is 0.327 e. The van der Waals surface area contributed by atoms with Gasteiger partial charge in [0, 0.05) is 45.1 Å². The van der Waals surface area contributed by atoms with E-state index in [1.54, 1.807) is 22.0 Å². The van der Waals surface area contributed by atoms with Crippen molar-refractivity contribution in [3.8, 4) is 11.1 Å².